The number of benzene rings is 3. The lowest BCUT2D eigenvalue weighted by Gasteiger charge is -2.46. The molecule has 44 heavy (non-hydrogen) atoms. The summed E-state index contributed by atoms with van der Waals surface area (Å²) in [6, 6.07) is 32.2. The van der Waals surface area contributed by atoms with Gasteiger partial charge in [0.25, 0.3) is 0 Å². The van der Waals surface area contributed by atoms with Gasteiger partial charge in [-0.15, -0.1) is 0 Å². The number of nitrogens with one attached hydrogen (secondary N) is 1. The van der Waals surface area contributed by atoms with Crippen molar-refractivity contribution in [2.45, 2.75) is 36.5 Å². The van der Waals surface area contributed by atoms with Gasteiger partial charge in [0.2, 0.25) is 0 Å². The van der Waals surface area contributed by atoms with Crippen LogP contribution in [-0.2, 0) is 0 Å². The maximum atomic E-state index is 4.27. The molecule has 0 saturated carbocycles. The average molecular weight is 587 g/mol. The fraction of sp³-hybridized carbons (Fsp3) is 0.171. The Morgan fingerprint density at radius 1 is 0.659 bits per heavy atom. The van der Waals surface area contributed by atoms with Gasteiger partial charge in [-0.05, 0) is 54.1 Å². The van der Waals surface area contributed by atoms with E-state index < -0.39 is 8.07 Å². The Balaban J connectivity index is 1.27. The number of hydrogen-bond donors (Lipinski definition) is 1. The topological polar surface area (TPSA) is 15.3 Å². The van der Waals surface area contributed by atoms with Crippen molar-refractivity contribution in [3.8, 4) is 0 Å². The van der Waals surface area contributed by atoms with Crippen LogP contribution < -0.4 is 20.6 Å². The summed E-state index contributed by atoms with van der Waals surface area (Å²) in [6.45, 7) is 0. The number of para-hydroxylation sites is 1. The second-order valence-corrected chi connectivity index (χ2v) is 16.6. The lowest BCUT2D eigenvalue weighted by Crippen LogP contribution is -2.72. The fourth-order valence-corrected chi connectivity index (χ4v) is 13.6. The van der Waals surface area contributed by atoms with Crippen LogP contribution in [0.1, 0.15) is 24.8 Å². The molecule has 2 aliphatic heterocycles. The molecule has 2 heterocycles. The molecule has 0 aromatic heterocycles. The Hall–Kier alpha value is -4.60. The minimum absolute atomic E-state index is 0.195. The van der Waals surface area contributed by atoms with Gasteiger partial charge < -0.3 is 10.2 Å². The van der Waals surface area contributed by atoms with Gasteiger partial charge in [0.15, 0.2) is 8.07 Å². The van der Waals surface area contributed by atoms with Crippen molar-refractivity contribution in [1.82, 2.24) is 5.32 Å². The van der Waals surface area contributed by atoms with E-state index in [1.54, 1.807) is 0 Å². The van der Waals surface area contributed by atoms with Crippen molar-refractivity contribution >= 4 is 29.7 Å². The van der Waals surface area contributed by atoms with E-state index >= 15 is 0 Å². The first-order valence-electron chi connectivity index (χ1n) is 16.1. The van der Waals surface area contributed by atoms with Gasteiger partial charge in [-0.2, -0.15) is 0 Å². The van der Waals surface area contributed by atoms with Gasteiger partial charge in [0.05, 0.1) is 11.7 Å². The van der Waals surface area contributed by atoms with Gasteiger partial charge in [0.1, 0.15) is 0 Å². The summed E-state index contributed by atoms with van der Waals surface area (Å²) in [6.07, 6.45) is 33.8. The van der Waals surface area contributed by atoms with E-state index in [1.165, 1.54) is 38.6 Å². The van der Waals surface area contributed by atoms with Crippen LogP contribution in [0, 0.1) is 5.92 Å². The quantitative estimate of drug-likeness (QED) is 0.297. The summed E-state index contributed by atoms with van der Waals surface area (Å²) >= 11 is 0. The van der Waals surface area contributed by atoms with Crippen LogP contribution in [0.4, 0.5) is 5.69 Å². The zero-order valence-corrected chi connectivity index (χ0v) is 26.0. The normalized spacial score (nSPS) is 26.2. The maximum Gasteiger partial charge on any atom is 0.152 e. The molecule has 3 aromatic rings. The minimum atomic E-state index is -2.50. The van der Waals surface area contributed by atoms with Crippen LogP contribution >= 0.6 is 0 Å². The number of nitrogens with zero attached hydrogens (tertiary/aromatic N) is 1. The average Bonchev–Trinajstić information content (AvgIpc) is 3.44. The van der Waals surface area contributed by atoms with Crippen LogP contribution in [0.5, 0.6) is 0 Å². The predicted octanol–water partition coefficient (Wildman–Crippen LogP) is 7.78. The predicted molar refractivity (Wildman–Crippen MR) is 188 cm³/mol. The van der Waals surface area contributed by atoms with Crippen molar-refractivity contribution in [3.63, 3.8) is 0 Å². The Bertz CT molecular complexity index is 1770. The van der Waals surface area contributed by atoms with Crippen LogP contribution in [0.25, 0.3) is 5.57 Å². The first-order chi connectivity index (χ1) is 21.8. The molecule has 0 amide bonds. The highest BCUT2D eigenvalue weighted by Gasteiger charge is 2.52. The molecule has 1 N–H and O–H groups in total. The van der Waals surface area contributed by atoms with Crippen molar-refractivity contribution < 1.29 is 0 Å². The number of rotatable bonds is 6. The molecule has 2 nitrogen and oxygen atoms in total. The van der Waals surface area contributed by atoms with Gasteiger partial charge in [-0.3, -0.25) is 0 Å². The first-order valence-corrected chi connectivity index (χ1v) is 18.2. The number of dihydropyridines is 1. The van der Waals surface area contributed by atoms with Gasteiger partial charge in [0, 0.05) is 23.0 Å². The summed E-state index contributed by atoms with van der Waals surface area (Å²) in [5.74, 6) is 0.291. The summed E-state index contributed by atoms with van der Waals surface area (Å²) < 4.78 is 0. The van der Waals surface area contributed by atoms with Crippen molar-refractivity contribution in [2.75, 3.05) is 4.90 Å². The highest BCUT2D eigenvalue weighted by Crippen LogP contribution is 2.44. The van der Waals surface area contributed by atoms with Crippen LogP contribution in [0.2, 0.25) is 5.54 Å². The Labute approximate surface area is 262 Å². The van der Waals surface area contributed by atoms with Gasteiger partial charge in [-0.25, -0.2) is 0 Å². The molecule has 5 unspecified atom stereocenters. The minimum Gasteiger partial charge on any atom is -0.382 e. The molecule has 216 valence electrons. The largest absolute Gasteiger partial charge is 0.382 e. The second kappa shape index (κ2) is 11.5. The van der Waals surface area contributed by atoms with Gasteiger partial charge >= 0.3 is 0 Å². The Morgan fingerprint density at radius 2 is 1.41 bits per heavy atom. The van der Waals surface area contributed by atoms with E-state index in [-0.39, 0.29) is 11.7 Å². The number of fused-ring (bicyclic) bond motifs is 2. The molecule has 8 rings (SSSR count). The molecule has 0 saturated heterocycles. The molecule has 5 atom stereocenters. The Morgan fingerprint density at radius 3 is 2.16 bits per heavy atom. The Kier molecular flexibility index (Phi) is 7.04. The molecule has 3 heteroatoms. The third-order valence-electron chi connectivity index (χ3n) is 10.1. The van der Waals surface area contributed by atoms with Crippen molar-refractivity contribution in [3.05, 3.63) is 181 Å². The highest BCUT2D eigenvalue weighted by molar-refractivity contribution is 7.05. The third-order valence-corrected chi connectivity index (χ3v) is 15.6. The van der Waals surface area contributed by atoms with Gasteiger partial charge in [-0.1, -0.05) is 156 Å². The monoisotopic (exact) mass is 586 g/mol. The van der Waals surface area contributed by atoms with Crippen LogP contribution in [-0.4, -0.2) is 19.8 Å². The zero-order chi connectivity index (χ0) is 29.3. The summed E-state index contributed by atoms with van der Waals surface area (Å²) in [7, 11) is -2.50. The molecular weight excluding hydrogens is 549 g/mol. The third kappa shape index (κ3) is 4.46. The molecule has 0 spiro atoms. The van der Waals surface area contributed by atoms with Crippen molar-refractivity contribution in [1.29, 1.82) is 0 Å². The van der Waals surface area contributed by atoms with E-state index in [1.807, 2.05) is 0 Å². The van der Waals surface area contributed by atoms with E-state index in [0.29, 0.717) is 11.5 Å². The summed E-state index contributed by atoms with van der Waals surface area (Å²) in [5, 5.41) is 7.24. The molecule has 3 aliphatic carbocycles. The second-order valence-electron chi connectivity index (χ2n) is 12.4. The molecule has 3 aromatic carbocycles. The smallest absolute Gasteiger partial charge is 0.152 e. The summed E-state index contributed by atoms with van der Waals surface area (Å²) in [4.78, 5) is 2.52. The number of hydrogen-bond acceptors (Lipinski definition) is 2. The lowest BCUT2D eigenvalue weighted by molar-refractivity contribution is 0.627. The zero-order valence-electron chi connectivity index (χ0n) is 25.0. The van der Waals surface area contributed by atoms with Crippen LogP contribution in [0.3, 0.4) is 0 Å². The fourth-order valence-electron chi connectivity index (χ4n) is 8.06. The molecule has 0 bridgehead atoms. The van der Waals surface area contributed by atoms with E-state index in [4.69, 9.17) is 0 Å². The molecular formula is C41H38N2Si. The summed E-state index contributed by atoms with van der Waals surface area (Å²) in [5.41, 5.74) is 7.16. The van der Waals surface area contributed by atoms with Crippen LogP contribution in [0.15, 0.2) is 175 Å². The van der Waals surface area contributed by atoms with E-state index in [9.17, 15) is 0 Å². The maximum absolute atomic E-state index is 4.27. The van der Waals surface area contributed by atoms with E-state index in [0.717, 1.165) is 19.3 Å². The first kappa shape index (κ1) is 27.0. The number of anilines is 1. The SMILES string of the molecule is C1=CCC([Si](c2ccccc2)(c2ccc(C3=CCCC=C3)cc2)C2C=CC3=C(N2)C2C=CC=CC2N3c2ccccc2)C=C1. The standard InChI is InChI=1S/C41H38N2Si/c1-5-15-31(16-6-1)32-25-27-36(28-26-32)44(34-19-9-3-10-20-34,35-21-11-4-12-22-35)40-30-29-39-41(42-40)37-23-13-14-24-38(37)43(39)33-17-7-2-8-18-33/h2-5,7-21,23-30,35,37-38,40,42H,1,6,22H2. The molecule has 5 aliphatic rings. The van der Waals surface area contributed by atoms with Crippen molar-refractivity contribution in [2.24, 2.45) is 5.92 Å². The highest BCUT2D eigenvalue weighted by atomic mass is 28.3. The molecule has 0 fully saturated rings. The lowest BCUT2D eigenvalue weighted by atomic mass is 9.94. The number of allylic oxidation sites excluding steroid dienone is 11. The van der Waals surface area contributed by atoms with E-state index in [2.05, 4.69) is 174 Å². The molecule has 0 radical (unpaired) electrons.